The third-order valence-corrected chi connectivity index (χ3v) is 2.89. The van der Waals surface area contributed by atoms with E-state index < -0.39 is 0 Å². The Morgan fingerprint density at radius 2 is 1.88 bits per heavy atom. The van der Waals surface area contributed by atoms with Crippen molar-refractivity contribution < 1.29 is 4.79 Å². The monoisotopic (exact) mass is 226 g/mol. The van der Waals surface area contributed by atoms with Gasteiger partial charge in [-0.15, -0.1) is 0 Å². The standard InChI is InChI=1S/C13H26N2O/c1-11(2)9-12(16)14-13(3,4)10-15-7-5-6-8-15/h11H,5-10H2,1-4H3,(H,14,16). The largest absolute Gasteiger partial charge is 0.350 e. The van der Waals surface area contributed by atoms with Crippen LogP contribution < -0.4 is 5.32 Å². The lowest BCUT2D eigenvalue weighted by Crippen LogP contribution is -2.51. The van der Waals surface area contributed by atoms with E-state index in [0.717, 1.165) is 6.54 Å². The van der Waals surface area contributed by atoms with Gasteiger partial charge in [0, 0.05) is 18.5 Å². The molecule has 0 unspecified atom stereocenters. The molecule has 0 radical (unpaired) electrons. The summed E-state index contributed by atoms with van der Waals surface area (Å²) < 4.78 is 0. The minimum atomic E-state index is -0.101. The smallest absolute Gasteiger partial charge is 0.220 e. The van der Waals surface area contributed by atoms with Crippen LogP contribution in [0.4, 0.5) is 0 Å². The highest BCUT2D eigenvalue weighted by atomic mass is 16.1. The first kappa shape index (κ1) is 13.5. The lowest BCUT2D eigenvalue weighted by atomic mass is 10.0. The van der Waals surface area contributed by atoms with E-state index in [1.54, 1.807) is 0 Å². The van der Waals surface area contributed by atoms with E-state index in [4.69, 9.17) is 0 Å². The van der Waals surface area contributed by atoms with Crippen molar-refractivity contribution in [3.63, 3.8) is 0 Å². The number of nitrogens with zero attached hydrogens (tertiary/aromatic N) is 1. The minimum Gasteiger partial charge on any atom is -0.350 e. The van der Waals surface area contributed by atoms with Gasteiger partial charge in [-0.05, 0) is 45.7 Å². The highest BCUT2D eigenvalue weighted by Gasteiger charge is 2.25. The Kier molecular flexibility index (Phi) is 4.78. The second kappa shape index (κ2) is 5.67. The van der Waals surface area contributed by atoms with Gasteiger partial charge in [0.1, 0.15) is 0 Å². The average molecular weight is 226 g/mol. The summed E-state index contributed by atoms with van der Waals surface area (Å²) in [5, 5.41) is 3.13. The van der Waals surface area contributed by atoms with E-state index in [-0.39, 0.29) is 11.4 Å². The quantitative estimate of drug-likeness (QED) is 0.778. The number of amides is 1. The fraction of sp³-hybridized carbons (Fsp3) is 0.923. The van der Waals surface area contributed by atoms with Crippen LogP contribution in [0, 0.1) is 5.92 Å². The summed E-state index contributed by atoms with van der Waals surface area (Å²) in [4.78, 5) is 14.2. The van der Waals surface area contributed by atoms with Crippen LogP contribution in [0.25, 0.3) is 0 Å². The molecule has 1 saturated heterocycles. The van der Waals surface area contributed by atoms with Gasteiger partial charge < -0.3 is 10.2 Å². The first-order chi connectivity index (χ1) is 7.39. The number of hydrogen-bond donors (Lipinski definition) is 1. The summed E-state index contributed by atoms with van der Waals surface area (Å²) in [7, 11) is 0. The number of carbonyl (C=O) groups is 1. The van der Waals surface area contributed by atoms with Crippen molar-refractivity contribution >= 4 is 5.91 Å². The van der Waals surface area contributed by atoms with E-state index in [1.807, 2.05) is 0 Å². The normalized spacial score (nSPS) is 18.1. The predicted octanol–water partition coefficient (Wildman–Crippen LogP) is 2.02. The molecule has 1 aliphatic heterocycles. The molecule has 94 valence electrons. The van der Waals surface area contributed by atoms with Crippen LogP contribution in [0.2, 0.25) is 0 Å². The third kappa shape index (κ3) is 4.97. The first-order valence-corrected chi connectivity index (χ1v) is 6.42. The molecule has 1 rings (SSSR count). The van der Waals surface area contributed by atoms with Gasteiger partial charge in [-0.2, -0.15) is 0 Å². The molecule has 16 heavy (non-hydrogen) atoms. The Hall–Kier alpha value is -0.570. The molecule has 0 saturated carbocycles. The zero-order chi connectivity index (χ0) is 12.2. The predicted molar refractivity (Wildman–Crippen MR) is 67.4 cm³/mol. The highest BCUT2D eigenvalue weighted by molar-refractivity contribution is 5.76. The fourth-order valence-electron chi connectivity index (χ4n) is 2.34. The van der Waals surface area contributed by atoms with Crippen molar-refractivity contribution in [2.24, 2.45) is 5.92 Å². The van der Waals surface area contributed by atoms with Gasteiger partial charge in [0.05, 0.1) is 0 Å². The molecule has 0 aromatic carbocycles. The van der Waals surface area contributed by atoms with Gasteiger partial charge in [-0.25, -0.2) is 0 Å². The minimum absolute atomic E-state index is 0.101. The van der Waals surface area contributed by atoms with Gasteiger partial charge in [-0.3, -0.25) is 4.79 Å². The molecule has 3 heteroatoms. The fourth-order valence-corrected chi connectivity index (χ4v) is 2.34. The van der Waals surface area contributed by atoms with Crippen molar-refractivity contribution in [2.75, 3.05) is 19.6 Å². The Balaban J connectivity index is 2.34. The molecule has 3 nitrogen and oxygen atoms in total. The molecule has 1 aliphatic rings. The number of likely N-dealkylation sites (tertiary alicyclic amines) is 1. The summed E-state index contributed by atoms with van der Waals surface area (Å²) >= 11 is 0. The number of rotatable bonds is 5. The molecule has 1 heterocycles. The van der Waals surface area contributed by atoms with Gasteiger partial charge in [0.25, 0.3) is 0 Å². The number of hydrogen-bond acceptors (Lipinski definition) is 2. The SMILES string of the molecule is CC(C)CC(=O)NC(C)(C)CN1CCCC1. The van der Waals surface area contributed by atoms with Crippen LogP contribution in [-0.2, 0) is 4.79 Å². The zero-order valence-electron chi connectivity index (χ0n) is 11.2. The van der Waals surface area contributed by atoms with Crippen molar-refractivity contribution in [3.8, 4) is 0 Å². The summed E-state index contributed by atoms with van der Waals surface area (Å²) in [6.07, 6.45) is 3.23. The van der Waals surface area contributed by atoms with Gasteiger partial charge in [-0.1, -0.05) is 13.8 Å². The first-order valence-electron chi connectivity index (χ1n) is 6.42. The van der Waals surface area contributed by atoms with Gasteiger partial charge in [0.15, 0.2) is 0 Å². The van der Waals surface area contributed by atoms with Crippen molar-refractivity contribution in [3.05, 3.63) is 0 Å². The summed E-state index contributed by atoms with van der Waals surface area (Å²) in [6, 6.07) is 0. The molecule has 0 spiro atoms. The van der Waals surface area contributed by atoms with E-state index >= 15 is 0 Å². The molecule has 0 aromatic heterocycles. The molecular weight excluding hydrogens is 200 g/mol. The lowest BCUT2D eigenvalue weighted by molar-refractivity contribution is -0.123. The maximum absolute atomic E-state index is 11.7. The van der Waals surface area contributed by atoms with Crippen LogP contribution in [0.3, 0.4) is 0 Å². The highest BCUT2D eigenvalue weighted by Crippen LogP contribution is 2.13. The van der Waals surface area contributed by atoms with Crippen LogP contribution >= 0.6 is 0 Å². The summed E-state index contributed by atoms with van der Waals surface area (Å²) in [5.74, 6) is 0.613. The average Bonchev–Trinajstić information content (AvgIpc) is 2.51. The zero-order valence-corrected chi connectivity index (χ0v) is 11.2. The number of carbonyl (C=O) groups excluding carboxylic acids is 1. The van der Waals surface area contributed by atoms with E-state index in [1.165, 1.54) is 25.9 Å². The summed E-state index contributed by atoms with van der Waals surface area (Å²) in [5.41, 5.74) is -0.101. The lowest BCUT2D eigenvalue weighted by Gasteiger charge is -2.31. The molecular formula is C13H26N2O. The Morgan fingerprint density at radius 1 is 1.31 bits per heavy atom. The molecule has 1 amide bonds. The maximum Gasteiger partial charge on any atom is 0.220 e. The topological polar surface area (TPSA) is 32.3 Å². The second-order valence-electron chi connectivity index (χ2n) is 6.01. The van der Waals surface area contributed by atoms with Crippen LogP contribution in [0.5, 0.6) is 0 Å². The third-order valence-electron chi connectivity index (χ3n) is 2.89. The van der Waals surface area contributed by atoms with Crippen LogP contribution in [0.15, 0.2) is 0 Å². The van der Waals surface area contributed by atoms with Crippen molar-refractivity contribution in [2.45, 2.75) is 52.5 Å². The second-order valence-corrected chi connectivity index (χ2v) is 6.01. The van der Waals surface area contributed by atoms with Gasteiger partial charge in [0.2, 0.25) is 5.91 Å². The Morgan fingerprint density at radius 3 is 2.38 bits per heavy atom. The maximum atomic E-state index is 11.7. The molecule has 0 aromatic rings. The summed E-state index contributed by atoms with van der Waals surface area (Å²) in [6.45, 7) is 11.7. The van der Waals surface area contributed by atoms with Crippen LogP contribution in [0.1, 0.15) is 47.0 Å². The molecule has 0 atom stereocenters. The molecule has 0 bridgehead atoms. The van der Waals surface area contributed by atoms with E-state index in [0.29, 0.717) is 12.3 Å². The van der Waals surface area contributed by atoms with Crippen LogP contribution in [-0.4, -0.2) is 36.0 Å². The molecule has 1 fully saturated rings. The van der Waals surface area contributed by atoms with Crippen molar-refractivity contribution in [1.29, 1.82) is 0 Å². The van der Waals surface area contributed by atoms with E-state index in [2.05, 4.69) is 37.9 Å². The molecule has 1 N–H and O–H groups in total. The van der Waals surface area contributed by atoms with Gasteiger partial charge >= 0.3 is 0 Å². The molecule has 0 aliphatic carbocycles. The number of nitrogens with one attached hydrogen (secondary N) is 1. The van der Waals surface area contributed by atoms with E-state index in [9.17, 15) is 4.79 Å². The van der Waals surface area contributed by atoms with Crippen molar-refractivity contribution in [1.82, 2.24) is 10.2 Å². The Bertz CT molecular complexity index is 230. The Labute approximate surface area is 99.6 Å².